The number of nitrogens with zero attached hydrogens (tertiary/aromatic N) is 2. The van der Waals surface area contributed by atoms with Crippen LogP contribution < -0.4 is 10.1 Å². The molecule has 0 spiro atoms. The van der Waals surface area contributed by atoms with E-state index in [4.69, 9.17) is 9.26 Å². The van der Waals surface area contributed by atoms with Crippen molar-refractivity contribution in [2.75, 3.05) is 7.11 Å². The summed E-state index contributed by atoms with van der Waals surface area (Å²) in [5.74, 6) is 2.13. The minimum Gasteiger partial charge on any atom is -0.497 e. The third kappa shape index (κ3) is 3.83. The maximum absolute atomic E-state index is 12.4. The quantitative estimate of drug-likeness (QED) is 0.828. The highest BCUT2D eigenvalue weighted by Crippen LogP contribution is 2.30. The number of methoxy groups -OCH3 is 1. The molecule has 1 heterocycles. The Kier molecular flexibility index (Phi) is 5.36. The zero-order valence-corrected chi connectivity index (χ0v) is 15.0. The van der Waals surface area contributed by atoms with E-state index in [0.29, 0.717) is 11.7 Å². The molecule has 6 heteroatoms. The molecule has 0 bridgehead atoms. The molecule has 0 radical (unpaired) electrons. The summed E-state index contributed by atoms with van der Waals surface area (Å²) in [7, 11) is 1.62. The van der Waals surface area contributed by atoms with Crippen molar-refractivity contribution in [1.29, 1.82) is 0 Å². The highest BCUT2D eigenvalue weighted by Gasteiger charge is 2.31. The van der Waals surface area contributed by atoms with Crippen LogP contribution in [-0.2, 0) is 4.79 Å². The van der Waals surface area contributed by atoms with Crippen molar-refractivity contribution in [3.8, 4) is 17.1 Å². The van der Waals surface area contributed by atoms with Crippen molar-refractivity contribution in [1.82, 2.24) is 15.5 Å². The second kappa shape index (κ2) is 7.68. The van der Waals surface area contributed by atoms with Crippen LogP contribution in [0.5, 0.6) is 5.75 Å². The summed E-state index contributed by atoms with van der Waals surface area (Å²) in [4.78, 5) is 16.9. The third-order valence-electron chi connectivity index (χ3n) is 5.02. The molecule has 1 fully saturated rings. The van der Waals surface area contributed by atoms with E-state index >= 15 is 0 Å². The van der Waals surface area contributed by atoms with Crippen LogP contribution in [0, 0.1) is 11.8 Å². The summed E-state index contributed by atoms with van der Waals surface area (Å²) in [6.07, 6.45) is 3.98. The van der Waals surface area contributed by atoms with Crippen molar-refractivity contribution in [3.63, 3.8) is 0 Å². The van der Waals surface area contributed by atoms with Crippen molar-refractivity contribution >= 4 is 5.91 Å². The number of aromatic nitrogens is 2. The Morgan fingerprint density at radius 1 is 1.44 bits per heavy atom. The summed E-state index contributed by atoms with van der Waals surface area (Å²) in [5.41, 5.74) is 0.822. The predicted molar refractivity (Wildman–Crippen MR) is 94.0 cm³/mol. The lowest BCUT2D eigenvalue weighted by Gasteiger charge is -2.28. The second-order valence-corrected chi connectivity index (χ2v) is 6.69. The molecule has 6 nitrogen and oxygen atoms in total. The van der Waals surface area contributed by atoms with Crippen LogP contribution >= 0.6 is 0 Å². The van der Waals surface area contributed by atoms with Crippen LogP contribution in [0.3, 0.4) is 0 Å². The molecule has 1 aromatic carbocycles. The molecule has 0 saturated heterocycles. The lowest BCUT2D eigenvalue weighted by atomic mass is 9.84. The van der Waals surface area contributed by atoms with E-state index in [9.17, 15) is 4.79 Å². The van der Waals surface area contributed by atoms with E-state index in [1.807, 2.05) is 24.3 Å². The van der Waals surface area contributed by atoms with E-state index in [-0.39, 0.29) is 23.8 Å². The Morgan fingerprint density at radius 3 is 2.88 bits per heavy atom. The Labute approximate surface area is 148 Å². The number of nitrogens with one attached hydrogen (secondary N) is 1. The van der Waals surface area contributed by atoms with Gasteiger partial charge in [-0.25, -0.2) is 0 Å². The van der Waals surface area contributed by atoms with Crippen LogP contribution in [0.1, 0.15) is 51.5 Å². The first-order valence-electron chi connectivity index (χ1n) is 8.90. The largest absolute Gasteiger partial charge is 0.497 e. The van der Waals surface area contributed by atoms with Crippen molar-refractivity contribution in [3.05, 3.63) is 30.2 Å². The molecule has 1 saturated carbocycles. The molecule has 1 aliphatic rings. The number of hydrogen-bond acceptors (Lipinski definition) is 5. The standard InChI is InChI=1S/C19H25N3O3/c1-4-12(2)16(20-18(23)13-7-5-8-13)19-21-17(22-25-19)14-9-6-10-15(11-14)24-3/h6,9-13,16H,4-5,7-8H2,1-3H3,(H,20,23). The molecular formula is C19H25N3O3. The van der Waals surface area contributed by atoms with Crippen molar-refractivity contribution in [2.45, 2.75) is 45.6 Å². The van der Waals surface area contributed by atoms with E-state index in [1.165, 1.54) is 0 Å². The zero-order valence-electron chi connectivity index (χ0n) is 15.0. The molecule has 1 aliphatic carbocycles. The van der Waals surface area contributed by atoms with Crippen LogP contribution in [0.15, 0.2) is 28.8 Å². The number of hydrogen-bond donors (Lipinski definition) is 1. The summed E-state index contributed by atoms with van der Waals surface area (Å²) >= 11 is 0. The molecule has 134 valence electrons. The summed E-state index contributed by atoms with van der Waals surface area (Å²) in [6, 6.07) is 7.26. The van der Waals surface area contributed by atoms with Gasteiger partial charge in [0.2, 0.25) is 17.6 Å². The minimum atomic E-state index is -0.259. The van der Waals surface area contributed by atoms with Gasteiger partial charge in [-0.3, -0.25) is 4.79 Å². The number of ether oxygens (including phenoxy) is 1. The first-order valence-corrected chi connectivity index (χ1v) is 8.90. The Hall–Kier alpha value is -2.37. The van der Waals surface area contributed by atoms with Gasteiger partial charge < -0.3 is 14.6 Å². The maximum atomic E-state index is 12.4. The van der Waals surface area contributed by atoms with Gasteiger partial charge in [-0.1, -0.05) is 44.0 Å². The summed E-state index contributed by atoms with van der Waals surface area (Å²) in [5, 5.41) is 7.21. The fraction of sp³-hybridized carbons (Fsp3) is 0.526. The van der Waals surface area contributed by atoms with Crippen LogP contribution in [0.25, 0.3) is 11.4 Å². The van der Waals surface area contributed by atoms with Gasteiger partial charge in [0.25, 0.3) is 0 Å². The average Bonchev–Trinajstić information content (AvgIpc) is 3.07. The predicted octanol–water partition coefficient (Wildman–Crippen LogP) is 3.75. The Balaban J connectivity index is 1.81. The monoisotopic (exact) mass is 343 g/mol. The van der Waals surface area contributed by atoms with Gasteiger partial charge in [-0.2, -0.15) is 4.98 Å². The van der Waals surface area contributed by atoms with E-state index in [2.05, 4.69) is 29.3 Å². The minimum absolute atomic E-state index is 0.0951. The number of carbonyl (C=O) groups excluding carboxylic acids is 1. The fourth-order valence-corrected chi connectivity index (χ4v) is 2.87. The normalized spacial score (nSPS) is 16.8. The van der Waals surface area contributed by atoms with E-state index < -0.39 is 0 Å². The number of carbonyl (C=O) groups is 1. The lowest BCUT2D eigenvalue weighted by molar-refractivity contribution is -0.128. The highest BCUT2D eigenvalue weighted by molar-refractivity contribution is 5.79. The SMILES string of the molecule is CCC(C)C(NC(=O)C1CCC1)c1nc(-c2cccc(OC)c2)no1. The number of rotatable bonds is 7. The van der Waals surface area contributed by atoms with Gasteiger partial charge in [-0.05, 0) is 30.9 Å². The van der Waals surface area contributed by atoms with Crippen LogP contribution in [-0.4, -0.2) is 23.2 Å². The van der Waals surface area contributed by atoms with Gasteiger partial charge in [0.05, 0.1) is 7.11 Å². The molecule has 2 aromatic rings. The molecule has 2 unspecified atom stereocenters. The molecule has 3 rings (SSSR count). The molecule has 1 amide bonds. The van der Waals surface area contributed by atoms with E-state index in [0.717, 1.165) is 37.0 Å². The van der Waals surface area contributed by atoms with Gasteiger partial charge in [-0.15, -0.1) is 0 Å². The molecule has 2 atom stereocenters. The van der Waals surface area contributed by atoms with Crippen LogP contribution in [0.4, 0.5) is 0 Å². The molecule has 0 aliphatic heterocycles. The third-order valence-corrected chi connectivity index (χ3v) is 5.02. The summed E-state index contributed by atoms with van der Waals surface area (Å²) < 4.78 is 10.7. The van der Waals surface area contributed by atoms with Gasteiger partial charge in [0.1, 0.15) is 11.8 Å². The van der Waals surface area contributed by atoms with Gasteiger partial charge in [0.15, 0.2) is 0 Å². The van der Waals surface area contributed by atoms with Crippen molar-refractivity contribution < 1.29 is 14.1 Å². The van der Waals surface area contributed by atoms with Gasteiger partial charge in [0, 0.05) is 11.5 Å². The second-order valence-electron chi connectivity index (χ2n) is 6.69. The first kappa shape index (κ1) is 17.5. The molecule has 25 heavy (non-hydrogen) atoms. The average molecular weight is 343 g/mol. The van der Waals surface area contributed by atoms with Crippen molar-refractivity contribution in [2.24, 2.45) is 11.8 Å². The fourth-order valence-electron chi connectivity index (χ4n) is 2.87. The van der Waals surface area contributed by atoms with Crippen LogP contribution in [0.2, 0.25) is 0 Å². The smallest absolute Gasteiger partial charge is 0.249 e. The van der Waals surface area contributed by atoms with E-state index in [1.54, 1.807) is 7.11 Å². The maximum Gasteiger partial charge on any atom is 0.249 e. The molecule has 1 N–H and O–H groups in total. The Morgan fingerprint density at radius 2 is 2.24 bits per heavy atom. The number of benzene rings is 1. The Bertz CT molecular complexity index is 724. The topological polar surface area (TPSA) is 77.2 Å². The summed E-state index contributed by atoms with van der Waals surface area (Å²) in [6.45, 7) is 4.17. The molecular weight excluding hydrogens is 318 g/mol. The highest BCUT2D eigenvalue weighted by atomic mass is 16.5. The zero-order chi connectivity index (χ0) is 17.8. The molecule has 1 aromatic heterocycles. The van der Waals surface area contributed by atoms with Gasteiger partial charge >= 0.3 is 0 Å². The number of amides is 1. The lowest BCUT2D eigenvalue weighted by Crippen LogP contribution is -2.39. The first-order chi connectivity index (χ1) is 12.1.